The minimum Gasteiger partial charge on any atom is -0.478 e. The molecule has 0 unspecified atom stereocenters. The van der Waals surface area contributed by atoms with Crippen LogP contribution in [0.4, 0.5) is 5.69 Å². The number of aromatic carboxylic acids is 1. The molecule has 0 saturated heterocycles. The fourth-order valence-electron chi connectivity index (χ4n) is 1.92. The maximum atomic E-state index is 12.3. The van der Waals surface area contributed by atoms with Gasteiger partial charge in [0.15, 0.2) is 0 Å². The van der Waals surface area contributed by atoms with Gasteiger partial charge in [0, 0.05) is 11.2 Å². The molecule has 0 aliphatic carbocycles. The van der Waals surface area contributed by atoms with E-state index in [1.807, 2.05) is 0 Å². The van der Waals surface area contributed by atoms with Crippen LogP contribution >= 0.6 is 0 Å². The third-order valence-corrected chi connectivity index (χ3v) is 4.54. The molecule has 2 rings (SSSR count). The predicted octanol–water partition coefficient (Wildman–Crippen LogP) is 0.174. The van der Waals surface area contributed by atoms with Crippen molar-refractivity contribution >= 4 is 34.3 Å². The van der Waals surface area contributed by atoms with Gasteiger partial charge in [-0.1, -0.05) is 23.8 Å². The molecular weight excluding hydrogens is 321 g/mol. The van der Waals surface area contributed by atoms with Gasteiger partial charge in [0.1, 0.15) is 0 Å². The Morgan fingerprint density at radius 3 is 2.22 bits per heavy atom. The molecule has 0 amide bonds. The maximum absolute atomic E-state index is 12.3. The minimum atomic E-state index is -3.99. The van der Waals surface area contributed by atoms with Crippen LogP contribution < -0.4 is 10.2 Å². The molecule has 0 heterocycles. The van der Waals surface area contributed by atoms with Gasteiger partial charge in [0.05, 0.1) is 10.5 Å². The van der Waals surface area contributed by atoms with Crippen LogP contribution in [-0.2, 0) is 10.0 Å². The van der Waals surface area contributed by atoms with Crippen molar-refractivity contribution in [2.24, 2.45) is 0 Å². The minimum absolute atomic E-state index is 0.0257. The van der Waals surface area contributed by atoms with Gasteiger partial charge in [-0.2, -0.15) is 0 Å². The van der Waals surface area contributed by atoms with Gasteiger partial charge in [0.25, 0.3) is 10.0 Å². The van der Waals surface area contributed by atoms with Crippen molar-refractivity contribution in [1.82, 2.24) is 0 Å². The summed E-state index contributed by atoms with van der Waals surface area (Å²) in [5.74, 6) is -1.26. The van der Waals surface area contributed by atoms with Crippen LogP contribution in [0.5, 0.6) is 0 Å². The van der Waals surface area contributed by atoms with E-state index in [1.54, 1.807) is 19.1 Å². The van der Waals surface area contributed by atoms with E-state index in [-0.39, 0.29) is 21.6 Å². The van der Waals surface area contributed by atoms with Crippen molar-refractivity contribution in [3.05, 3.63) is 53.6 Å². The van der Waals surface area contributed by atoms with Gasteiger partial charge in [0.2, 0.25) is 0 Å². The lowest BCUT2D eigenvalue weighted by Crippen LogP contribution is -2.33. The zero-order chi connectivity index (χ0) is 17.2. The third kappa shape index (κ3) is 3.89. The van der Waals surface area contributed by atoms with Crippen molar-refractivity contribution in [2.75, 3.05) is 4.72 Å². The highest BCUT2D eigenvalue weighted by Crippen LogP contribution is 2.17. The molecule has 9 heteroatoms. The van der Waals surface area contributed by atoms with Crippen LogP contribution in [0.15, 0.2) is 47.4 Å². The van der Waals surface area contributed by atoms with Gasteiger partial charge in [-0.25, -0.2) is 13.2 Å². The van der Waals surface area contributed by atoms with Crippen LogP contribution in [0.25, 0.3) is 0 Å². The van der Waals surface area contributed by atoms with Crippen LogP contribution in [0.2, 0.25) is 0 Å². The average Bonchev–Trinajstić information content (AvgIpc) is 2.46. The Labute approximate surface area is 133 Å². The van der Waals surface area contributed by atoms with Gasteiger partial charge in [-0.15, -0.1) is 0 Å². The van der Waals surface area contributed by atoms with Crippen molar-refractivity contribution in [3.63, 3.8) is 0 Å². The molecule has 0 spiro atoms. The second kappa shape index (κ2) is 6.41. The summed E-state index contributed by atoms with van der Waals surface area (Å²) in [5, 5.41) is 27.6. The summed E-state index contributed by atoms with van der Waals surface area (Å²) in [5.41, 5.74) is 0.338. The highest BCUT2D eigenvalue weighted by atomic mass is 32.2. The largest absolute Gasteiger partial charge is 0.490 e. The Kier molecular flexibility index (Phi) is 4.74. The van der Waals surface area contributed by atoms with Crippen LogP contribution in [0.1, 0.15) is 15.9 Å². The predicted molar refractivity (Wildman–Crippen MR) is 85.2 cm³/mol. The van der Waals surface area contributed by atoms with E-state index in [1.165, 1.54) is 12.1 Å². The van der Waals surface area contributed by atoms with Crippen molar-refractivity contribution < 1.29 is 28.4 Å². The highest BCUT2D eigenvalue weighted by Gasteiger charge is 2.22. The Balaban J connectivity index is 2.46. The Morgan fingerprint density at radius 2 is 1.70 bits per heavy atom. The van der Waals surface area contributed by atoms with Crippen molar-refractivity contribution in [1.29, 1.82) is 0 Å². The average molecular weight is 335 g/mol. The van der Waals surface area contributed by atoms with Crippen LogP contribution in [0, 0.1) is 6.92 Å². The summed E-state index contributed by atoms with van der Waals surface area (Å²) in [6.07, 6.45) is 0. The van der Waals surface area contributed by atoms with E-state index in [0.717, 1.165) is 23.8 Å². The topological polar surface area (TPSA) is 124 Å². The lowest BCUT2D eigenvalue weighted by molar-refractivity contribution is 0.0697. The molecular formula is C14H14BNO6S. The lowest BCUT2D eigenvalue weighted by Gasteiger charge is -2.13. The smallest absolute Gasteiger partial charge is 0.478 e. The number of rotatable bonds is 5. The van der Waals surface area contributed by atoms with Crippen molar-refractivity contribution in [3.8, 4) is 0 Å². The first-order valence-electron chi connectivity index (χ1n) is 6.53. The highest BCUT2D eigenvalue weighted by molar-refractivity contribution is 7.92. The standard InChI is InChI=1S/C14H14BNO6S/c1-9-2-5-11(6-3-9)23(21,22)16-13-8-10(14(17)18)4-7-12(13)15(19)20/h2-8,16,19-20H,1H3,(H,17,18). The summed E-state index contributed by atoms with van der Waals surface area (Å²) in [4.78, 5) is 11.0. The van der Waals surface area contributed by atoms with Crippen molar-refractivity contribution in [2.45, 2.75) is 11.8 Å². The molecule has 0 aliphatic rings. The Bertz CT molecular complexity index is 833. The van der Waals surface area contributed by atoms with E-state index in [9.17, 15) is 23.3 Å². The quantitative estimate of drug-likeness (QED) is 0.578. The number of hydrogen-bond donors (Lipinski definition) is 4. The van der Waals surface area contributed by atoms with Crippen LogP contribution in [0.3, 0.4) is 0 Å². The molecule has 2 aromatic carbocycles. The lowest BCUT2D eigenvalue weighted by atomic mass is 9.78. The normalized spacial score (nSPS) is 11.1. The zero-order valence-corrected chi connectivity index (χ0v) is 12.9. The third-order valence-electron chi connectivity index (χ3n) is 3.15. The number of nitrogens with one attached hydrogen (secondary N) is 1. The van der Waals surface area contributed by atoms with Crippen LogP contribution in [-0.4, -0.2) is 36.7 Å². The van der Waals surface area contributed by atoms with E-state index in [4.69, 9.17) is 5.11 Å². The monoisotopic (exact) mass is 335 g/mol. The summed E-state index contributed by atoms with van der Waals surface area (Å²) >= 11 is 0. The Hall–Kier alpha value is -2.36. The fraction of sp³-hybridized carbons (Fsp3) is 0.0714. The first-order chi connectivity index (χ1) is 10.7. The van der Waals surface area contributed by atoms with E-state index >= 15 is 0 Å². The number of anilines is 1. The number of hydrogen-bond acceptors (Lipinski definition) is 5. The molecule has 120 valence electrons. The molecule has 23 heavy (non-hydrogen) atoms. The number of carbonyl (C=O) groups is 1. The Morgan fingerprint density at radius 1 is 1.09 bits per heavy atom. The zero-order valence-electron chi connectivity index (χ0n) is 12.1. The fourth-order valence-corrected chi connectivity index (χ4v) is 3.00. The van der Waals surface area contributed by atoms with Gasteiger partial charge in [-0.05, 0) is 31.2 Å². The molecule has 2 aromatic rings. The number of aryl methyl sites for hydroxylation is 1. The second-order valence-electron chi connectivity index (χ2n) is 4.90. The summed E-state index contributed by atoms with van der Waals surface area (Å²) < 4.78 is 26.9. The summed E-state index contributed by atoms with van der Waals surface area (Å²) in [6, 6.07) is 9.35. The molecule has 0 aliphatic heterocycles. The SMILES string of the molecule is Cc1ccc(S(=O)(=O)Nc2cc(C(=O)O)ccc2B(O)O)cc1. The molecule has 7 nitrogen and oxygen atoms in total. The first kappa shape index (κ1) is 17.0. The summed E-state index contributed by atoms with van der Waals surface area (Å²) in [6.45, 7) is 1.81. The second-order valence-corrected chi connectivity index (χ2v) is 6.58. The molecule has 4 N–H and O–H groups in total. The maximum Gasteiger partial charge on any atom is 0.490 e. The molecule has 0 atom stereocenters. The number of benzene rings is 2. The van der Waals surface area contributed by atoms with Gasteiger partial charge in [-0.3, -0.25) is 4.72 Å². The van der Waals surface area contributed by atoms with E-state index in [0.29, 0.717) is 0 Å². The first-order valence-corrected chi connectivity index (χ1v) is 8.02. The van der Waals surface area contributed by atoms with E-state index < -0.39 is 23.1 Å². The summed E-state index contributed by atoms with van der Waals surface area (Å²) in [7, 11) is -5.94. The number of sulfonamides is 1. The number of carboxylic acid groups (broad SMARTS) is 1. The van der Waals surface area contributed by atoms with E-state index in [2.05, 4.69) is 4.72 Å². The molecule has 0 saturated carbocycles. The van der Waals surface area contributed by atoms with Gasteiger partial charge >= 0.3 is 13.1 Å². The number of carboxylic acids is 1. The molecule has 0 bridgehead atoms. The molecule has 0 fully saturated rings. The van der Waals surface area contributed by atoms with Gasteiger partial charge < -0.3 is 15.2 Å². The molecule has 0 radical (unpaired) electrons. The molecule has 0 aromatic heterocycles.